The minimum absolute atomic E-state index is 0.218. The quantitative estimate of drug-likeness (QED) is 0.151. The summed E-state index contributed by atoms with van der Waals surface area (Å²) in [4.78, 5) is 49.4. The summed E-state index contributed by atoms with van der Waals surface area (Å²) in [5.41, 5.74) is 1.93. The minimum Gasteiger partial charge on any atom is -0.448 e. The van der Waals surface area contributed by atoms with Gasteiger partial charge in [-0.3, -0.25) is 9.59 Å². The van der Waals surface area contributed by atoms with Crippen LogP contribution in [0.25, 0.3) is 10.9 Å². The summed E-state index contributed by atoms with van der Waals surface area (Å²) in [5, 5.41) is 14.2. The van der Waals surface area contributed by atoms with Gasteiger partial charge in [-0.25, -0.2) is 9.78 Å². The molecule has 13 heteroatoms. The van der Waals surface area contributed by atoms with Crippen LogP contribution in [0.2, 0.25) is 0 Å². The number of likely N-dealkylation sites (N-methyl/N-ethyl adjacent to an activating group) is 2. The number of carbonyl (C=O) groups excluding carboxylic acids is 3. The molecule has 0 saturated heterocycles. The van der Waals surface area contributed by atoms with Gasteiger partial charge in [-0.05, 0) is 53.4 Å². The average molecular weight is 604 g/mol. The molecule has 0 fully saturated rings. The maximum atomic E-state index is 12.5. The zero-order valence-electron chi connectivity index (χ0n) is 26.2. The second-order valence-corrected chi connectivity index (χ2v) is 10.1. The number of hydrogen-bond donors (Lipinski definition) is 3. The zero-order chi connectivity index (χ0) is 32.1. The molecule has 3 rings (SSSR count). The van der Waals surface area contributed by atoms with Crippen molar-refractivity contribution in [2.24, 2.45) is 0 Å². The molecule has 0 spiro atoms. The van der Waals surface area contributed by atoms with Crippen molar-refractivity contribution in [3.05, 3.63) is 48.3 Å². The van der Waals surface area contributed by atoms with Crippen LogP contribution in [0.1, 0.15) is 39.2 Å². The largest absolute Gasteiger partial charge is 0.448 e. The molecule has 0 aliphatic heterocycles. The number of nitrogens with zero attached hydrogens (tertiary/aromatic N) is 6. The van der Waals surface area contributed by atoms with Crippen molar-refractivity contribution in [2.45, 2.75) is 39.7 Å². The van der Waals surface area contributed by atoms with Gasteiger partial charge in [0.2, 0.25) is 17.8 Å². The minimum atomic E-state index is -0.592. The predicted octanol–water partition coefficient (Wildman–Crippen LogP) is 3.22. The molecule has 44 heavy (non-hydrogen) atoms. The summed E-state index contributed by atoms with van der Waals surface area (Å²) in [6, 6.07) is 4.85. The lowest BCUT2D eigenvalue weighted by Crippen LogP contribution is -2.45. The maximum Gasteiger partial charge on any atom is 0.435 e. The van der Waals surface area contributed by atoms with Crippen LogP contribution >= 0.6 is 0 Å². The average Bonchev–Trinajstić information content (AvgIpc) is 3.44. The second kappa shape index (κ2) is 16.6. The highest BCUT2D eigenvalue weighted by atomic mass is 16.5. The maximum absolute atomic E-state index is 12.5. The molecule has 0 unspecified atom stereocenters. The van der Waals surface area contributed by atoms with E-state index in [-0.39, 0.29) is 18.4 Å². The SMILES string of the molecule is CCNc1nc(Nc2cccc3c2cnn3C(=O)OCC)ncc1C#CCCCNC(=O)[C@H](C)N(C)C(=O)C=CCN(C)C. The number of benzene rings is 1. The number of hydrogen-bond acceptors (Lipinski definition) is 10. The van der Waals surface area contributed by atoms with Crippen molar-refractivity contribution in [2.75, 3.05) is 58.0 Å². The van der Waals surface area contributed by atoms with Crippen LogP contribution in [-0.4, -0.2) is 101 Å². The van der Waals surface area contributed by atoms with E-state index in [1.807, 2.05) is 32.0 Å². The summed E-state index contributed by atoms with van der Waals surface area (Å²) in [5.74, 6) is 6.74. The number of fused-ring (bicyclic) bond motifs is 1. The Labute approximate surface area is 258 Å². The molecule has 13 nitrogen and oxygen atoms in total. The number of unbranched alkanes of at least 4 members (excludes halogenated alkanes) is 1. The van der Waals surface area contributed by atoms with Crippen LogP contribution < -0.4 is 16.0 Å². The molecular weight excluding hydrogens is 562 g/mol. The van der Waals surface area contributed by atoms with E-state index < -0.39 is 12.1 Å². The van der Waals surface area contributed by atoms with Gasteiger partial charge in [-0.15, -0.1) is 0 Å². The highest BCUT2D eigenvalue weighted by Crippen LogP contribution is 2.26. The van der Waals surface area contributed by atoms with Gasteiger partial charge in [-0.1, -0.05) is 24.0 Å². The molecular formula is C31H41N9O4. The van der Waals surface area contributed by atoms with Gasteiger partial charge in [0.05, 0.1) is 35.8 Å². The normalized spacial score (nSPS) is 11.6. The molecule has 0 aliphatic carbocycles. The molecule has 2 amide bonds. The molecule has 2 aromatic heterocycles. The predicted molar refractivity (Wildman–Crippen MR) is 171 cm³/mol. The highest BCUT2D eigenvalue weighted by molar-refractivity contribution is 5.96. The number of rotatable bonds is 13. The molecule has 1 aromatic carbocycles. The number of nitrogens with one attached hydrogen (secondary N) is 3. The van der Waals surface area contributed by atoms with E-state index in [4.69, 9.17) is 4.74 Å². The van der Waals surface area contributed by atoms with Gasteiger partial charge >= 0.3 is 6.09 Å². The van der Waals surface area contributed by atoms with E-state index in [9.17, 15) is 14.4 Å². The molecule has 0 radical (unpaired) electrons. The van der Waals surface area contributed by atoms with E-state index in [0.29, 0.717) is 61.0 Å². The Hall–Kier alpha value is -4.96. The van der Waals surface area contributed by atoms with Crippen molar-refractivity contribution in [3.63, 3.8) is 0 Å². The number of anilines is 3. The standard InChI is InChI=1S/C31H41N9O4/c1-7-32-28-23(14-10-9-11-18-33-29(42)22(3)39(6)27(41)17-13-19-38(4)5)20-34-30(37-28)36-25-15-12-16-26-24(25)21-35-40(26)31(43)44-8-2/h12-13,15-17,20-22H,7-9,11,18-19H2,1-6H3,(H,33,42)(H2,32,34,36,37)/t22-/m0/s1. The van der Waals surface area contributed by atoms with Gasteiger partial charge < -0.3 is 30.5 Å². The fourth-order valence-corrected chi connectivity index (χ4v) is 3.99. The monoisotopic (exact) mass is 603 g/mol. The van der Waals surface area contributed by atoms with Crippen molar-refractivity contribution in [3.8, 4) is 11.8 Å². The van der Waals surface area contributed by atoms with Crippen molar-refractivity contribution in [1.82, 2.24) is 34.9 Å². The Bertz CT molecular complexity index is 1540. The van der Waals surface area contributed by atoms with E-state index in [1.165, 1.54) is 15.7 Å². The first-order chi connectivity index (χ1) is 21.2. The second-order valence-electron chi connectivity index (χ2n) is 10.1. The van der Waals surface area contributed by atoms with Crippen molar-refractivity contribution < 1.29 is 19.1 Å². The first-order valence-corrected chi connectivity index (χ1v) is 14.5. The third-order valence-electron chi connectivity index (χ3n) is 6.47. The summed E-state index contributed by atoms with van der Waals surface area (Å²) in [7, 11) is 5.45. The van der Waals surface area contributed by atoms with Crippen molar-refractivity contribution >= 4 is 46.3 Å². The Morgan fingerprint density at radius 1 is 1.16 bits per heavy atom. The van der Waals surface area contributed by atoms with Gasteiger partial charge in [-0.2, -0.15) is 14.8 Å². The number of aromatic nitrogens is 4. The summed E-state index contributed by atoms with van der Waals surface area (Å²) in [6.07, 6.45) is 7.13. The summed E-state index contributed by atoms with van der Waals surface area (Å²) >= 11 is 0. The Morgan fingerprint density at radius 3 is 2.68 bits per heavy atom. The van der Waals surface area contributed by atoms with E-state index in [1.54, 1.807) is 51.5 Å². The molecule has 3 aromatic rings. The van der Waals surface area contributed by atoms with Gasteiger partial charge in [0, 0.05) is 44.6 Å². The first-order valence-electron chi connectivity index (χ1n) is 14.5. The summed E-state index contributed by atoms with van der Waals surface area (Å²) in [6.45, 7) is 7.38. The van der Waals surface area contributed by atoms with Crippen LogP contribution in [0.4, 0.5) is 22.2 Å². The molecule has 2 heterocycles. The zero-order valence-corrected chi connectivity index (χ0v) is 26.2. The van der Waals surface area contributed by atoms with Crippen LogP contribution in [0.15, 0.2) is 42.7 Å². The molecule has 1 atom stereocenters. The molecule has 3 N–H and O–H groups in total. The lowest BCUT2D eigenvalue weighted by atomic mass is 10.2. The van der Waals surface area contributed by atoms with Crippen LogP contribution in [0, 0.1) is 11.8 Å². The van der Waals surface area contributed by atoms with Crippen LogP contribution in [0.3, 0.4) is 0 Å². The van der Waals surface area contributed by atoms with Gasteiger partial charge in [0.15, 0.2) is 0 Å². The van der Waals surface area contributed by atoms with Crippen LogP contribution in [-0.2, 0) is 14.3 Å². The first kappa shape index (κ1) is 33.5. The Kier molecular flexibility index (Phi) is 12.7. The third-order valence-corrected chi connectivity index (χ3v) is 6.47. The molecule has 0 saturated carbocycles. The molecule has 234 valence electrons. The van der Waals surface area contributed by atoms with Crippen molar-refractivity contribution in [1.29, 1.82) is 0 Å². The number of carbonyl (C=O) groups is 3. The van der Waals surface area contributed by atoms with E-state index in [2.05, 4.69) is 42.9 Å². The number of ether oxygens (including phenoxy) is 1. The molecule has 0 bridgehead atoms. The third kappa shape index (κ3) is 9.27. The summed E-state index contributed by atoms with van der Waals surface area (Å²) < 4.78 is 6.29. The van der Waals surface area contributed by atoms with E-state index in [0.717, 1.165) is 5.39 Å². The smallest absolute Gasteiger partial charge is 0.435 e. The lowest BCUT2D eigenvalue weighted by Gasteiger charge is -2.23. The topological polar surface area (TPSA) is 147 Å². The van der Waals surface area contributed by atoms with Gasteiger partial charge in [0.1, 0.15) is 11.9 Å². The highest BCUT2D eigenvalue weighted by Gasteiger charge is 2.20. The Morgan fingerprint density at radius 2 is 1.95 bits per heavy atom. The van der Waals surface area contributed by atoms with E-state index >= 15 is 0 Å². The van der Waals surface area contributed by atoms with Crippen LogP contribution in [0.5, 0.6) is 0 Å². The lowest BCUT2D eigenvalue weighted by molar-refractivity contribution is -0.135. The number of amides is 2. The Balaban J connectivity index is 1.57. The molecule has 0 aliphatic rings. The van der Waals surface area contributed by atoms with Gasteiger partial charge in [0.25, 0.3) is 0 Å². The fraction of sp³-hybridized carbons (Fsp3) is 0.419. The fourth-order valence-electron chi connectivity index (χ4n) is 3.99.